The fraction of sp³-hybridized carbons (Fsp3) is 0.375. The highest BCUT2D eigenvalue weighted by Gasteiger charge is 2.20. The Morgan fingerprint density at radius 3 is 2.54 bits per heavy atom. The minimum absolute atomic E-state index is 0.511. The number of halogens is 1. The molecule has 0 bridgehead atoms. The lowest BCUT2D eigenvalue weighted by Crippen LogP contribution is -2.45. The molecule has 0 unspecified atom stereocenters. The van der Waals surface area contributed by atoms with Crippen molar-refractivity contribution in [3.05, 3.63) is 45.1 Å². The molecule has 126 valence electrons. The van der Waals surface area contributed by atoms with Gasteiger partial charge in [0.2, 0.25) is 11.7 Å². The number of thiophene rings is 1. The van der Waals surface area contributed by atoms with Gasteiger partial charge in [0.1, 0.15) is 0 Å². The van der Waals surface area contributed by atoms with E-state index in [1.54, 1.807) is 17.6 Å². The quantitative estimate of drug-likeness (QED) is 0.643. The van der Waals surface area contributed by atoms with Gasteiger partial charge in [-0.05, 0) is 40.2 Å². The van der Waals surface area contributed by atoms with Crippen LogP contribution in [-0.4, -0.2) is 46.1 Å². The van der Waals surface area contributed by atoms with Crippen LogP contribution in [-0.2, 0) is 13.1 Å². The van der Waals surface area contributed by atoms with E-state index in [4.69, 9.17) is 8.94 Å². The molecule has 8 heteroatoms. The Kier molecular flexibility index (Phi) is 4.79. The number of piperazine rings is 1. The minimum Gasteiger partial charge on any atom is -0.461 e. The van der Waals surface area contributed by atoms with E-state index in [0.29, 0.717) is 24.0 Å². The molecule has 4 heterocycles. The van der Waals surface area contributed by atoms with E-state index in [-0.39, 0.29) is 0 Å². The zero-order chi connectivity index (χ0) is 16.4. The average molecular weight is 409 g/mol. The topological polar surface area (TPSA) is 58.5 Å². The summed E-state index contributed by atoms with van der Waals surface area (Å²) in [7, 11) is 0. The third-order valence-electron chi connectivity index (χ3n) is 4.04. The van der Waals surface area contributed by atoms with Crippen molar-refractivity contribution in [2.75, 3.05) is 26.2 Å². The third kappa shape index (κ3) is 3.77. The van der Waals surface area contributed by atoms with Gasteiger partial charge in [0.05, 0.1) is 16.6 Å². The van der Waals surface area contributed by atoms with Crippen LogP contribution < -0.4 is 0 Å². The lowest BCUT2D eigenvalue weighted by atomic mass is 10.3. The summed E-state index contributed by atoms with van der Waals surface area (Å²) in [5, 5.41) is 3.98. The van der Waals surface area contributed by atoms with Gasteiger partial charge in [-0.15, -0.1) is 11.3 Å². The normalized spacial score (nSPS) is 16.7. The van der Waals surface area contributed by atoms with Gasteiger partial charge >= 0.3 is 0 Å². The Hall–Kier alpha value is -1.48. The smallest absolute Gasteiger partial charge is 0.241 e. The van der Waals surface area contributed by atoms with Gasteiger partial charge < -0.3 is 8.94 Å². The van der Waals surface area contributed by atoms with Crippen molar-refractivity contribution in [2.24, 2.45) is 0 Å². The summed E-state index contributed by atoms with van der Waals surface area (Å²) in [6.45, 7) is 5.82. The maximum absolute atomic E-state index is 5.34. The highest BCUT2D eigenvalue weighted by molar-refractivity contribution is 9.11. The first-order valence-electron chi connectivity index (χ1n) is 7.82. The highest BCUT2D eigenvalue weighted by atomic mass is 79.9. The molecule has 0 aliphatic carbocycles. The van der Waals surface area contributed by atoms with Gasteiger partial charge in [-0.3, -0.25) is 9.80 Å². The molecule has 0 saturated carbocycles. The molecular weight excluding hydrogens is 392 g/mol. The number of furan rings is 1. The molecule has 0 radical (unpaired) electrons. The third-order valence-corrected chi connectivity index (χ3v) is 5.65. The molecule has 0 N–H and O–H groups in total. The summed E-state index contributed by atoms with van der Waals surface area (Å²) in [4.78, 5) is 10.6. The maximum atomic E-state index is 5.34. The van der Waals surface area contributed by atoms with Crippen molar-refractivity contribution >= 4 is 27.3 Å². The Morgan fingerprint density at radius 2 is 1.88 bits per heavy atom. The van der Waals surface area contributed by atoms with Crippen LogP contribution in [0.2, 0.25) is 0 Å². The largest absolute Gasteiger partial charge is 0.461 e. The van der Waals surface area contributed by atoms with Gasteiger partial charge in [0.25, 0.3) is 0 Å². The summed E-state index contributed by atoms with van der Waals surface area (Å²) in [5.41, 5.74) is 0. The van der Waals surface area contributed by atoms with Crippen LogP contribution in [0.3, 0.4) is 0 Å². The van der Waals surface area contributed by atoms with Gasteiger partial charge in [0.15, 0.2) is 5.76 Å². The van der Waals surface area contributed by atoms with Gasteiger partial charge in [-0.25, -0.2) is 0 Å². The SMILES string of the molecule is Brc1ccc(CN2CCN(Cc3nc(-c4ccco4)no3)CC2)s1. The van der Waals surface area contributed by atoms with E-state index in [9.17, 15) is 0 Å². The molecule has 1 fully saturated rings. The zero-order valence-corrected chi connectivity index (χ0v) is 15.4. The summed E-state index contributed by atoms with van der Waals surface area (Å²) in [6, 6.07) is 7.95. The predicted octanol–water partition coefficient (Wildman–Crippen LogP) is 3.47. The van der Waals surface area contributed by atoms with Crippen molar-refractivity contribution < 1.29 is 8.94 Å². The number of rotatable bonds is 5. The fourth-order valence-electron chi connectivity index (χ4n) is 2.78. The Morgan fingerprint density at radius 1 is 1.08 bits per heavy atom. The van der Waals surface area contributed by atoms with E-state index in [2.05, 4.69) is 48.0 Å². The molecule has 0 aromatic carbocycles. The van der Waals surface area contributed by atoms with Crippen LogP contribution in [0.25, 0.3) is 11.6 Å². The van der Waals surface area contributed by atoms with Crippen molar-refractivity contribution in [1.29, 1.82) is 0 Å². The lowest BCUT2D eigenvalue weighted by Gasteiger charge is -2.33. The van der Waals surface area contributed by atoms with E-state index in [1.807, 2.05) is 12.1 Å². The second kappa shape index (κ2) is 7.18. The lowest BCUT2D eigenvalue weighted by molar-refractivity contribution is 0.113. The Bertz CT molecular complexity index is 778. The number of aromatic nitrogens is 2. The molecule has 3 aromatic rings. The second-order valence-electron chi connectivity index (χ2n) is 5.75. The molecular formula is C16H17BrN4O2S. The van der Waals surface area contributed by atoms with Crippen LogP contribution in [0, 0.1) is 0 Å². The molecule has 1 saturated heterocycles. The van der Waals surface area contributed by atoms with E-state index in [0.717, 1.165) is 32.7 Å². The van der Waals surface area contributed by atoms with Gasteiger partial charge in [-0.1, -0.05) is 5.16 Å². The number of nitrogens with zero attached hydrogens (tertiary/aromatic N) is 4. The maximum Gasteiger partial charge on any atom is 0.241 e. The van der Waals surface area contributed by atoms with Crippen molar-refractivity contribution in [1.82, 2.24) is 19.9 Å². The first-order chi connectivity index (χ1) is 11.8. The second-order valence-corrected chi connectivity index (χ2v) is 8.29. The Balaban J connectivity index is 1.29. The standard InChI is InChI=1S/C16H17BrN4O2S/c17-14-4-3-12(24-14)10-20-5-7-21(8-6-20)11-15-18-16(19-23-15)13-2-1-9-22-13/h1-4,9H,5-8,10-11H2. The monoisotopic (exact) mass is 408 g/mol. The molecule has 0 amide bonds. The minimum atomic E-state index is 0.511. The van der Waals surface area contributed by atoms with E-state index in [1.165, 1.54) is 8.66 Å². The van der Waals surface area contributed by atoms with Crippen LogP contribution in [0.15, 0.2) is 43.3 Å². The number of hydrogen-bond acceptors (Lipinski definition) is 7. The van der Waals surface area contributed by atoms with E-state index < -0.39 is 0 Å². The molecule has 6 nitrogen and oxygen atoms in total. The molecule has 1 aliphatic heterocycles. The number of hydrogen-bond donors (Lipinski definition) is 0. The van der Waals surface area contributed by atoms with Crippen LogP contribution in [0.4, 0.5) is 0 Å². The Labute approximate surface area is 152 Å². The van der Waals surface area contributed by atoms with Crippen LogP contribution >= 0.6 is 27.3 Å². The fourth-order valence-corrected chi connectivity index (χ4v) is 4.30. The highest BCUT2D eigenvalue weighted by Crippen LogP contribution is 2.24. The van der Waals surface area contributed by atoms with Crippen molar-refractivity contribution in [3.8, 4) is 11.6 Å². The zero-order valence-electron chi connectivity index (χ0n) is 13.0. The molecule has 24 heavy (non-hydrogen) atoms. The van der Waals surface area contributed by atoms with Gasteiger partial charge in [0, 0.05) is 37.6 Å². The molecule has 0 atom stereocenters. The van der Waals surface area contributed by atoms with Crippen LogP contribution in [0.5, 0.6) is 0 Å². The van der Waals surface area contributed by atoms with Crippen LogP contribution in [0.1, 0.15) is 10.8 Å². The summed E-state index contributed by atoms with van der Waals surface area (Å²) < 4.78 is 11.8. The van der Waals surface area contributed by atoms with Gasteiger partial charge in [-0.2, -0.15) is 4.98 Å². The summed E-state index contributed by atoms with van der Waals surface area (Å²) in [6.07, 6.45) is 1.61. The van der Waals surface area contributed by atoms with E-state index >= 15 is 0 Å². The first kappa shape index (κ1) is 16.0. The predicted molar refractivity (Wildman–Crippen MR) is 94.6 cm³/mol. The molecule has 1 aliphatic rings. The first-order valence-corrected chi connectivity index (χ1v) is 9.42. The average Bonchev–Trinajstić information content (AvgIpc) is 3.31. The van der Waals surface area contributed by atoms with Crippen molar-refractivity contribution in [2.45, 2.75) is 13.1 Å². The molecule has 0 spiro atoms. The summed E-state index contributed by atoms with van der Waals surface area (Å²) >= 11 is 5.33. The molecule has 4 rings (SSSR count). The van der Waals surface area contributed by atoms with Crippen molar-refractivity contribution in [3.63, 3.8) is 0 Å². The molecule has 3 aromatic heterocycles. The summed E-state index contributed by atoms with van der Waals surface area (Å²) in [5.74, 6) is 1.78.